The smallest absolute Gasteiger partial charge is 0.545 e. The molecule has 0 aliphatic heterocycles. The number of hydrogen-bond donors (Lipinski definition) is 0. The van der Waals surface area contributed by atoms with Crippen LogP contribution in [0.1, 0.15) is 62.3 Å². The molecule has 0 unspecified atom stereocenters. The number of carboxylic acid groups (broad SMARTS) is 9. The molecular formula is C36H45NdO18Pb3. The predicted molar refractivity (Wildman–Crippen MR) is 196 cm³/mol. The molecule has 0 aliphatic rings. The minimum Gasteiger partial charge on any atom is -0.545 e. The maximum absolute atomic E-state index is 9.49. The van der Waals surface area contributed by atoms with E-state index in [2.05, 4.69) is 59.2 Å². The molecule has 0 heterocycles. The summed E-state index contributed by atoms with van der Waals surface area (Å²) >= 11 is 0. The van der Waals surface area contributed by atoms with E-state index in [4.69, 9.17) is 0 Å². The molecule has 0 aromatic rings. The summed E-state index contributed by atoms with van der Waals surface area (Å²) in [5.41, 5.74) is 0.583. The van der Waals surface area contributed by atoms with Gasteiger partial charge in [-0.3, -0.25) is 0 Å². The number of hydrogen-bond acceptors (Lipinski definition) is 18. The van der Waals surface area contributed by atoms with Crippen molar-refractivity contribution in [2.45, 2.75) is 62.3 Å². The van der Waals surface area contributed by atoms with Gasteiger partial charge in [0.25, 0.3) is 0 Å². The van der Waals surface area contributed by atoms with Crippen molar-refractivity contribution in [1.29, 1.82) is 0 Å². The molecule has 22 heteroatoms. The van der Waals surface area contributed by atoms with E-state index in [1.54, 1.807) is 0 Å². The number of carboxylic acids is 9. The second-order valence-corrected chi connectivity index (χ2v) is 9.61. The largest absolute Gasteiger partial charge is 3.00 e. The maximum atomic E-state index is 9.49. The Hall–Kier alpha value is -2.99. The van der Waals surface area contributed by atoms with Crippen LogP contribution in [0.3, 0.4) is 0 Å². The van der Waals surface area contributed by atoms with Gasteiger partial charge in [0.05, 0.1) is 53.7 Å². The first-order valence-electron chi connectivity index (χ1n) is 13.6. The van der Waals surface area contributed by atoms with Crippen LogP contribution in [0, 0.1) is 40.8 Å². The van der Waals surface area contributed by atoms with Gasteiger partial charge in [0.2, 0.25) is 0 Å². The van der Waals surface area contributed by atoms with Gasteiger partial charge in [-0.2, -0.15) is 0 Å². The zero-order valence-electron chi connectivity index (χ0n) is 33.7. The SMILES string of the molecule is C=C(C)C(=O)[O-].C=C(C)C(=O)[O-].C=C(C)C(=O)[O-].C=C(C)C(=O)[O-].C=C(C)C(=O)[O-].C=C(C)C(=O)[O-].C=C(C)C(=O)[O-].C=C(C)C(=O)[O-].C=C(C)C(=O)[O-].[Nd+3].[Pb+2].[Pb+2].[Pb+2]. The summed E-state index contributed by atoms with van der Waals surface area (Å²) in [6.45, 7) is 40.3. The molecule has 0 aromatic carbocycles. The Morgan fingerprint density at radius 2 is 0.241 bits per heavy atom. The van der Waals surface area contributed by atoms with E-state index >= 15 is 0 Å². The van der Waals surface area contributed by atoms with Crippen LogP contribution in [-0.2, 0) is 43.2 Å². The summed E-state index contributed by atoms with van der Waals surface area (Å²) in [4.78, 5) is 85.4. The Balaban J connectivity index is -0.0000000354. The van der Waals surface area contributed by atoms with Gasteiger partial charge in [0.1, 0.15) is 0 Å². The summed E-state index contributed by atoms with van der Waals surface area (Å²) < 4.78 is 0. The topological polar surface area (TPSA) is 361 Å². The molecule has 0 rings (SSSR count). The number of rotatable bonds is 9. The standard InChI is InChI=1S/9C4H6O2.Nd.3Pb/c9*1-3(2)4(5)6;;;;/h9*1H2,2H3,(H,5,6);;;;/q;;;;;;;;;+3;3*+2/p-9. The fraction of sp³-hybridized carbons (Fsp3) is 0.250. The summed E-state index contributed by atoms with van der Waals surface area (Å²) in [6.07, 6.45) is 0. The molecule has 7 radical (unpaired) electrons. The average Bonchev–Trinajstić information content (AvgIpc) is 2.99. The third-order valence-corrected chi connectivity index (χ3v) is 3.14. The van der Waals surface area contributed by atoms with E-state index in [0.29, 0.717) is 0 Å². The van der Waals surface area contributed by atoms with Crippen LogP contribution in [0.5, 0.6) is 0 Å². The average molecular weight is 1530 g/mol. The van der Waals surface area contributed by atoms with E-state index in [1.807, 2.05) is 0 Å². The molecule has 0 saturated heterocycles. The van der Waals surface area contributed by atoms with Gasteiger partial charge in [0.15, 0.2) is 0 Å². The van der Waals surface area contributed by atoms with Crippen molar-refractivity contribution >= 4 is 136 Å². The van der Waals surface area contributed by atoms with Gasteiger partial charge < -0.3 is 89.1 Å². The third-order valence-electron chi connectivity index (χ3n) is 3.14. The van der Waals surface area contributed by atoms with Crippen LogP contribution in [-0.4, -0.2) is 136 Å². The number of carbonyl (C=O) groups is 9. The van der Waals surface area contributed by atoms with Gasteiger partial charge in [-0.25, -0.2) is 0 Å². The van der Waals surface area contributed by atoms with Crippen molar-refractivity contribution in [2.24, 2.45) is 0 Å². The van der Waals surface area contributed by atoms with Crippen molar-refractivity contribution in [3.05, 3.63) is 109 Å². The second kappa shape index (κ2) is 58.3. The van der Waals surface area contributed by atoms with Crippen molar-refractivity contribution < 1.29 is 130 Å². The van der Waals surface area contributed by atoms with Crippen molar-refractivity contribution in [1.82, 2.24) is 0 Å². The van der Waals surface area contributed by atoms with Crippen LogP contribution in [0.15, 0.2) is 109 Å². The minimum absolute atomic E-state index is 0. The summed E-state index contributed by atoms with van der Waals surface area (Å²) in [7, 11) is 0. The molecule has 0 N–H and O–H groups in total. The zero-order chi connectivity index (χ0) is 46.4. The van der Waals surface area contributed by atoms with E-state index < -0.39 is 53.7 Å². The summed E-state index contributed by atoms with van der Waals surface area (Å²) in [6, 6.07) is 0. The van der Waals surface area contributed by atoms with Crippen LogP contribution >= 0.6 is 0 Å². The summed E-state index contributed by atoms with van der Waals surface area (Å²) in [5.74, 6) is -10.7. The Morgan fingerprint density at radius 1 is 0.224 bits per heavy atom. The first-order valence-corrected chi connectivity index (χ1v) is 13.6. The first-order chi connectivity index (χ1) is 23.8. The molecule has 18 nitrogen and oxygen atoms in total. The molecule has 0 spiro atoms. The number of carbonyl (C=O) groups excluding carboxylic acids is 9. The Labute approximate surface area is 432 Å². The number of aliphatic carboxylic acids is 9. The van der Waals surface area contributed by atoms with Crippen LogP contribution in [0.25, 0.3) is 0 Å². The maximum Gasteiger partial charge on any atom is 3.00 e. The molecule has 58 heavy (non-hydrogen) atoms. The molecule has 0 bridgehead atoms. The van der Waals surface area contributed by atoms with Crippen molar-refractivity contribution in [2.75, 3.05) is 0 Å². The van der Waals surface area contributed by atoms with E-state index in [-0.39, 0.29) is 173 Å². The molecule has 0 aromatic heterocycles. The Morgan fingerprint density at radius 3 is 0.241 bits per heavy atom. The fourth-order valence-electron chi connectivity index (χ4n) is 0. The van der Waals surface area contributed by atoms with Gasteiger partial charge in [-0.1, -0.05) is 59.2 Å². The fourth-order valence-corrected chi connectivity index (χ4v) is 0. The van der Waals surface area contributed by atoms with Crippen molar-refractivity contribution in [3.8, 4) is 0 Å². The van der Waals surface area contributed by atoms with E-state index in [0.717, 1.165) is 0 Å². The molecular weight excluding hydrogens is 1490 g/mol. The Bertz CT molecular complexity index is 1010. The third kappa shape index (κ3) is 132. The van der Waals surface area contributed by atoms with Crippen LogP contribution in [0.2, 0.25) is 0 Å². The minimum atomic E-state index is -1.19. The predicted octanol–water partition coefficient (Wildman–Crippen LogP) is -7.33. The zero-order valence-corrected chi connectivity index (χ0v) is 48.6. The van der Waals surface area contributed by atoms with E-state index in [1.165, 1.54) is 62.3 Å². The monoisotopic (exact) mass is 1530 g/mol. The molecule has 0 atom stereocenters. The van der Waals surface area contributed by atoms with Crippen LogP contribution < -0.4 is 46.0 Å². The van der Waals surface area contributed by atoms with Crippen LogP contribution in [0.4, 0.5) is 0 Å². The van der Waals surface area contributed by atoms with Gasteiger partial charge in [-0.15, -0.1) is 0 Å². The van der Waals surface area contributed by atoms with E-state index in [9.17, 15) is 89.1 Å². The Kier molecular flexibility index (Phi) is 91.4. The first kappa shape index (κ1) is 90.9. The summed E-state index contributed by atoms with van der Waals surface area (Å²) in [5, 5.41) is 85.4. The molecule has 0 aliphatic carbocycles. The van der Waals surface area contributed by atoms with Crippen molar-refractivity contribution in [3.63, 3.8) is 0 Å². The second-order valence-electron chi connectivity index (χ2n) is 9.61. The van der Waals surface area contributed by atoms with Gasteiger partial charge >= 0.3 is 123 Å². The van der Waals surface area contributed by atoms with Gasteiger partial charge in [0, 0.05) is 0 Å². The normalized spacial score (nSPS) is 6.98. The molecule has 0 amide bonds. The quantitative estimate of drug-likeness (QED) is 0.153. The molecule has 0 saturated carbocycles. The van der Waals surface area contributed by atoms with Gasteiger partial charge in [-0.05, 0) is 112 Å². The molecule has 313 valence electrons. The molecule has 0 fully saturated rings.